The van der Waals surface area contributed by atoms with Crippen LogP contribution in [0.3, 0.4) is 0 Å². The van der Waals surface area contributed by atoms with E-state index in [0.717, 1.165) is 12.8 Å². The van der Waals surface area contributed by atoms with Crippen molar-refractivity contribution in [3.63, 3.8) is 0 Å². The predicted octanol–water partition coefficient (Wildman–Crippen LogP) is 1.85. The second kappa shape index (κ2) is 5.42. The topological polar surface area (TPSA) is 54.5 Å². The van der Waals surface area contributed by atoms with Crippen LogP contribution in [0.4, 0.5) is 0 Å². The van der Waals surface area contributed by atoms with E-state index in [2.05, 4.69) is 0 Å². The van der Waals surface area contributed by atoms with E-state index in [1.54, 1.807) is 13.8 Å². The van der Waals surface area contributed by atoms with Crippen LogP contribution in [0.2, 0.25) is 0 Å². The molecule has 1 heterocycles. The van der Waals surface area contributed by atoms with Gasteiger partial charge in [0.2, 0.25) is 0 Å². The van der Waals surface area contributed by atoms with Gasteiger partial charge in [0.25, 0.3) is 0 Å². The van der Waals surface area contributed by atoms with Crippen molar-refractivity contribution in [1.29, 1.82) is 0 Å². The molecule has 1 saturated heterocycles. The van der Waals surface area contributed by atoms with Gasteiger partial charge in [0.1, 0.15) is 0 Å². The van der Waals surface area contributed by atoms with Crippen LogP contribution in [-0.2, 0) is 14.4 Å². The molecule has 0 aromatic carbocycles. The van der Waals surface area contributed by atoms with E-state index in [9.17, 15) is 13.2 Å². The third kappa shape index (κ3) is 2.92. The second-order valence-corrected chi connectivity index (χ2v) is 7.85. The minimum atomic E-state index is -3.49. The van der Waals surface area contributed by atoms with Gasteiger partial charge in [-0.25, -0.2) is 0 Å². The average Bonchev–Trinajstić information content (AvgIpc) is 2.28. The van der Waals surface area contributed by atoms with Gasteiger partial charge < -0.3 is 0 Å². The van der Waals surface area contributed by atoms with Crippen LogP contribution in [0, 0.1) is 12.0 Å². The van der Waals surface area contributed by atoms with E-state index in [0.29, 0.717) is 13.0 Å². The summed E-state index contributed by atoms with van der Waals surface area (Å²) in [5.74, 6) is -0.151. The van der Waals surface area contributed by atoms with Crippen molar-refractivity contribution in [2.45, 2.75) is 39.2 Å². The molecule has 0 amide bonds. The van der Waals surface area contributed by atoms with Gasteiger partial charge in [-0.2, -0.15) is 0 Å². The van der Waals surface area contributed by atoms with Crippen molar-refractivity contribution in [2.24, 2.45) is 5.92 Å². The summed E-state index contributed by atoms with van der Waals surface area (Å²) < 4.78 is 24.7. The summed E-state index contributed by atoms with van der Waals surface area (Å²) in [7, 11) is -3.66. The number of hydrogen-bond acceptors (Lipinski definition) is 3. The van der Waals surface area contributed by atoms with Crippen LogP contribution in [0.1, 0.15) is 33.1 Å². The molecule has 0 aliphatic carbocycles. The van der Waals surface area contributed by atoms with Gasteiger partial charge in [0.05, 0.1) is 0 Å². The van der Waals surface area contributed by atoms with Gasteiger partial charge in [0.15, 0.2) is 0 Å². The number of Topliss-reactive ketones (excluding diaryl/α,β-unsaturated/α-hetero) is 1. The first-order valence-corrected chi connectivity index (χ1v) is 8.38. The van der Waals surface area contributed by atoms with E-state index in [1.807, 2.05) is 0 Å². The van der Waals surface area contributed by atoms with Gasteiger partial charge in [0, 0.05) is 0 Å². The first-order chi connectivity index (χ1) is 7.40. The maximum atomic E-state index is 11.9. The van der Waals surface area contributed by atoms with E-state index in [-0.39, 0.29) is 18.9 Å². The zero-order valence-electron chi connectivity index (χ0n) is 9.59. The Labute approximate surface area is 98.3 Å². The van der Waals surface area contributed by atoms with Gasteiger partial charge in [-0.3, -0.25) is 0 Å². The number of ketones is 1. The molecule has 4 nitrogen and oxygen atoms in total. The summed E-state index contributed by atoms with van der Waals surface area (Å²) in [4.78, 5) is 11.9. The van der Waals surface area contributed by atoms with Crippen molar-refractivity contribution in [1.82, 2.24) is 4.31 Å². The van der Waals surface area contributed by atoms with Crippen molar-refractivity contribution in [3.8, 4) is 6.13 Å². The Morgan fingerprint density at radius 2 is 2.06 bits per heavy atom. The number of rotatable bonds is 3. The maximum absolute atomic E-state index is 11.9. The summed E-state index contributed by atoms with van der Waals surface area (Å²) >= 11 is 0. The first-order valence-electron chi connectivity index (χ1n) is 5.38. The fourth-order valence-electron chi connectivity index (χ4n) is 1.91. The molecule has 0 aromatic heterocycles. The van der Waals surface area contributed by atoms with Gasteiger partial charge >= 0.3 is 97.9 Å². The van der Waals surface area contributed by atoms with Gasteiger partial charge in [-0.15, -0.1) is 0 Å². The van der Waals surface area contributed by atoms with E-state index >= 15 is 0 Å². The number of nitrogens with zero attached hydrogens (tertiary/aromatic N) is 1. The van der Waals surface area contributed by atoms with Gasteiger partial charge in [-0.1, -0.05) is 0 Å². The summed E-state index contributed by atoms with van der Waals surface area (Å²) in [6.07, 6.45) is 7.53. The quantitative estimate of drug-likeness (QED) is 0.729. The zero-order chi connectivity index (χ0) is 12.3. The molecule has 6 heteroatoms. The molecule has 1 fully saturated rings. The standard InChI is InChI=1S/C10H17NO3PS/c1-8(2)10(12)9-6-4-5-7-11(9)16(13,14)15-3/h3,8-9H,4-7H2,1-2H3/q+1. The molecule has 1 aliphatic rings. The molecular formula is C10H17NO3PS+. The van der Waals surface area contributed by atoms with E-state index in [4.69, 9.17) is 6.13 Å². The van der Waals surface area contributed by atoms with Crippen molar-refractivity contribution >= 4 is 22.7 Å². The summed E-state index contributed by atoms with van der Waals surface area (Å²) in [6, 6.07) is -0.505. The summed E-state index contributed by atoms with van der Waals surface area (Å²) in [5, 5.41) is 0. The van der Waals surface area contributed by atoms with Crippen LogP contribution >= 0.6 is 7.24 Å². The molecule has 0 aromatic rings. The first kappa shape index (κ1) is 13.9. The summed E-state index contributed by atoms with van der Waals surface area (Å²) in [5.41, 5.74) is 0. The van der Waals surface area contributed by atoms with Crippen molar-refractivity contribution in [3.05, 3.63) is 0 Å². The molecule has 0 radical (unpaired) electrons. The molecule has 1 aliphatic heterocycles. The van der Waals surface area contributed by atoms with E-state index < -0.39 is 15.7 Å². The minimum absolute atomic E-state index is 0.00748. The van der Waals surface area contributed by atoms with E-state index in [1.165, 1.54) is 4.31 Å². The Morgan fingerprint density at radius 3 is 2.56 bits per heavy atom. The average molecular weight is 262 g/mol. The third-order valence-corrected chi connectivity index (χ3v) is 5.51. The molecule has 16 heavy (non-hydrogen) atoms. The Bertz CT molecular complexity index is 410. The molecule has 90 valence electrons. The zero-order valence-corrected chi connectivity index (χ0v) is 11.3. The monoisotopic (exact) mass is 262 g/mol. The van der Waals surface area contributed by atoms with Crippen LogP contribution in [0.15, 0.2) is 0 Å². The van der Waals surface area contributed by atoms with Crippen molar-refractivity contribution < 1.29 is 13.2 Å². The molecule has 1 unspecified atom stereocenters. The number of carbonyl (C=O) groups excluding carboxylic acids is 1. The van der Waals surface area contributed by atoms with Crippen LogP contribution in [0.5, 0.6) is 0 Å². The second-order valence-electron chi connectivity index (χ2n) is 4.26. The fraction of sp³-hybridized carbons (Fsp3) is 0.800. The van der Waals surface area contributed by atoms with Gasteiger partial charge in [-0.05, 0) is 0 Å². The third-order valence-electron chi connectivity index (χ3n) is 2.78. The Morgan fingerprint density at radius 1 is 1.44 bits per heavy atom. The fourth-order valence-corrected chi connectivity index (χ4v) is 3.87. The SMILES string of the molecule is C#[P+]S(=O)(=O)N1CCCCC1C(=O)C(C)C. The van der Waals surface area contributed by atoms with Crippen LogP contribution < -0.4 is 0 Å². The van der Waals surface area contributed by atoms with Crippen LogP contribution in [0.25, 0.3) is 0 Å². The molecule has 0 spiro atoms. The van der Waals surface area contributed by atoms with Crippen molar-refractivity contribution in [2.75, 3.05) is 6.54 Å². The number of hydrogen-bond donors (Lipinski definition) is 0. The Balaban J connectivity index is 2.98. The molecule has 0 N–H and O–H groups in total. The number of carbonyl (C=O) groups is 1. The molecule has 1 rings (SSSR count). The summed E-state index contributed by atoms with van der Waals surface area (Å²) in [6.45, 7) is 4.00. The van der Waals surface area contributed by atoms with Crippen LogP contribution in [-0.4, -0.2) is 31.1 Å². The predicted molar refractivity (Wildman–Crippen MR) is 65.0 cm³/mol. The number of piperidine rings is 1. The Hall–Kier alpha value is -0.210. The molecular weight excluding hydrogens is 245 g/mol. The molecule has 1 atom stereocenters. The molecule has 0 saturated carbocycles. The Kier molecular flexibility index (Phi) is 4.69. The molecule has 0 bridgehead atoms. The normalized spacial score (nSPS) is 23.2.